The molecule has 0 heterocycles. The van der Waals surface area contributed by atoms with Gasteiger partial charge in [0.2, 0.25) is 0 Å². The zero-order chi connectivity index (χ0) is 8.97. The average Bonchev–Trinajstić information content (AvgIpc) is 2.86. The third-order valence-corrected chi connectivity index (χ3v) is 2.51. The highest BCUT2D eigenvalue weighted by Gasteiger charge is 2.24. The van der Waals surface area contributed by atoms with Crippen molar-refractivity contribution in [2.75, 3.05) is 0 Å². The molecule has 4 N–H and O–H groups in total. The van der Waals surface area contributed by atoms with Crippen molar-refractivity contribution in [3.05, 3.63) is 0 Å². The van der Waals surface area contributed by atoms with E-state index in [1.165, 1.54) is 19.3 Å². The van der Waals surface area contributed by atoms with Gasteiger partial charge < -0.3 is 10.7 Å². The number of nitrogens with one attached hydrogen (secondary N) is 2. The van der Waals surface area contributed by atoms with Crippen LogP contribution in [-0.4, -0.2) is 11.2 Å². The van der Waals surface area contributed by atoms with Crippen molar-refractivity contribution < 1.29 is 0 Å². The van der Waals surface area contributed by atoms with Crippen LogP contribution in [0.1, 0.15) is 32.6 Å². The van der Waals surface area contributed by atoms with Gasteiger partial charge in [-0.05, 0) is 31.0 Å². The van der Waals surface area contributed by atoms with Crippen LogP contribution in [0.15, 0.2) is 0 Å². The maximum Gasteiger partial charge on any atom is 0.180 e. The van der Waals surface area contributed by atoms with E-state index in [1.807, 2.05) is 0 Å². The van der Waals surface area contributed by atoms with Crippen LogP contribution in [0.3, 0.4) is 0 Å². The topological polar surface area (TPSA) is 50.1 Å². The van der Waals surface area contributed by atoms with E-state index in [9.17, 15) is 0 Å². The van der Waals surface area contributed by atoms with Crippen LogP contribution in [0.5, 0.6) is 0 Å². The Kier molecular flexibility index (Phi) is 3.75. The van der Waals surface area contributed by atoms with E-state index in [4.69, 9.17) is 18.1 Å². The van der Waals surface area contributed by atoms with Gasteiger partial charge in [0.05, 0.1) is 0 Å². The molecule has 0 amide bonds. The summed E-state index contributed by atoms with van der Waals surface area (Å²) in [6.07, 6.45) is 5.12. The Labute approximate surface area is 79.1 Å². The molecule has 70 valence electrons. The number of hydrogen-bond acceptors (Lipinski definition) is 2. The molecule has 1 aliphatic rings. The molecule has 1 fully saturated rings. The van der Waals surface area contributed by atoms with Gasteiger partial charge in [-0.2, -0.15) is 0 Å². The van der Waals surface area contributed by atoms with E-state index in [2.05, 4.69) is 17.7 Å². The van der Waals surface area contributed by atoms with Gasteiger partial charge in [-0.3, -0.25) is 0 Å². The second-order valence-corrected chi connectivity index (χ2v) is 3.81. The van der Waals surface area contributed by atoms with Crippen molar-refractivity contribution in [1.29, 1.82) is 0 Å². The average molecular weight is 187 g/mol. The van der Waals surface area contributed by atoms with Crippen LogP contribution in [-0.2, 0) is 0 Å². The molecule has 0 aromatic rings. The van der Waals surface area contributed by atoms with Gasteiger partial charge in [0.1, 0.15) is 0 Å². The first-order chi connectivity index (χ1) is 5.76. The molecular weight excluding hydrogens is 170 g/mol. The fourth-order valence-corrected chi connectivity index (χ4v) is 1.48. The van der Waals surface area contributed by atoms with Crippen LogP contribution in [0.4, 0.5) is 0 Å². The maximum atomic E-state index is 5.17. The summed E-state index contributed by atoms with van der Waals surface area (Å²) in [6, 6.07) is 0.501. The smallest absolute Gasteiger partial charge is 0.180 e. The van der Waals surface area contributed by atoms with Crippen LogP contribution in [0.25, 0.3) is 0 Å². The summed E-state index contributed by atoms with van der Waals surface area (Å²) in [6.45, 7) is 2.17. The summed E-state index contributed by atoms with van der Waals surface area (Å²) < 4.78 is 0. The lowest BCUT2D eigenvalue weighted by Crippen LogP contribution is -2.44. The third-order valence-electron chi connectivity index (χ3n) is 2.27. The van der Waals surface area contributed by atoms with E-state index in [1.54, 1.807) is 0 Å². The van der Waals surface area contributed by atoms with Crippen molar-refractivity contribution >= 4 is 17.3 Å². The zero-order valence-electron chi connectivity index (χ0n) is 7.47. The molecule has 0 bridgehead atoms. The standard InChI is InChI=1S/C8H17N3S/c1-2-7(5-6-3-4-6)10-8(12)11-9/h6-7H,2-5,9H2,1H3,(H2,10,11,12). The minimum absolute atomic E-state index is 0.501. The monoisotopic (exact) mass is 187 g/mol. The molecule has 4 heteroatoms. The molecule has 1 aliphatic carbocycles. The first kappa shape index (κ1) is 9.74. The van der Waals surface area contributed by atoms with Gasteiger partial charge in [0.25, 0.3) is 0 Å². The predicted octanol–water partition coefficient (Wildman–Crippen LogP) is 0.903. The summed E-state index contributed by atoms with van der Waals surface area (Å²) in [7, 11) is 0. The minimum Gasteiger partial charge on any atom is -0.359 e. The van der Waals surface area contributed by atoms with Crippen LogP contribution < -0.4 is 16.6 Å². The van der Waals surface area contributed by atoms with E-state index in [0.717, 1.165) is 12.3 Å². The van der Waals surface area contributed by atoms with Crippen LogP contribution >= 0.6 is 12.2 Å². The van der Waals surface area contributed by atoms with E-state index >= 15 is 0 Å². The van der Waals surface area contributed by atoms with Crippen molar-refractivity contribution in [3.63, 3.8) is 0 Å². The summed E-state index contributed by atoms with van der Waals surface area (Å²) in [5, 5.41) is 3.74. The summed E-state index contributed by atoms with van der Waals surface area (Å²) >= 11 is 4.92. The van der Waals surface area contributed by atoms with Crippen LogP contribution in [0, 0.1) is 5.92 Å². The minimum atomic E-state index is 0.501. The molecule has 3 nitrogen and oxygen atoms in total. The number of thiocarbonyl (C=S) groups is 1. The molecule has 0 aliphatic heterocycles. The fraction of sp³-hybridized carbons (Fsp3) is 0.875. The Bertz CT molecular complexity index is 156. The molecule has 0 aromatic carbocycles. The largest absolute Gasteiger partial charge is 0.359 e. The van der Waals surface area contributed by atoms with E-state index < -0.39 is 0 Å². The summed E-state index contributed by atoms with van der Waals surface area (Å²) in [4.78, 5) is 0. The Morgan fingerprint density at radius 2 is 2.33 bits per heavy atom. The fourth-order valence-electron chi connectivity index (χ4n) is 1.31. The van der Waals surface area contributed by atoms with Gasteiger partial charge in [-0.15, -0.1) is 0 Å². The molecular formula is C8H17N3S. The molecule has 0 aromatic heterocycles. The molecule has 1 atom stereocenters. The Balaban J connectivity index is 2.18. The number of nitrogens with two attached hydrogens (primary N) is 1. The first-order valence-corrected chi connectivity index (χ1v) is 4.94. The summed E-state index contributed by atoms with van der Waals surface area (Å²) in [5.41, 5.74) is 2.44. The Morgan fingerprint density at radius 3 is 2.75 bits per heavy atom. The van der Waals surface area contributed by atoms with E-state index in [0.29, 0.717) is 11.2 Å². The highest BCUT2D eigenvalue weighted by molar-refractivity contribution is 7.80. The molecule has 0 radical (unpaired) electrons. The Hall–Kier alpha value is -0.350. The van der Waals surface area contributed by atoms with Gasteiger partial charge in [-0.25, -0.2) is 5.84 Å². The van der Waals surface area contributed by atoms with Crippen molar-refractivity contribution in [3.8, 4) is 0 Å². The normalized spacial score (nSPS) is 18.5. The second-order valence-electron chi connectivity index (χ2n) is 3.40. The predicted molar refractivity (Wildman–Crippen MR) is 54.5 cm³/mol. The van der Waals surface area contributed by atoms with Crippen molar-refractivity contribution in [2.45, 2.75) is 38.6 Å². The quantitative estimate of drug-likeness (QED) is 0.348. The number of hydrogen-bond donors (Lipinski definition) is 3. The molecule has 1 saturated carbocycles. The molecule has 0 saturated heterocycles. The lowest BCUT2D eigenvalue weighted by atomic mass is 10.1. The van der Waals surface area contributed by atoms with Gasteiger partial charge in [0.15, 0.2) is 5.11 Å². The first-order valence-electron chi connectivity index (χ1n) is 4.53. The van der Waals surface area contributed by atoms with Crippen molar-refractivity contribution in [2.24, 2.45) is 11.8 Å². The lowest BCUT2D eigenvalue weighted by Gasteiger charge is -2.17. The van der Waals surface area contributed by atoms with Crippen LogP contribution in [0.2, 0.25) is 0 Å². The zero-order valence-corrected chi connectivity index (χ0v) is 8.29. The van der Waals surface area contributed by atoms with E-state index in [-0.39, 0.29) is 0 Å². The molecule has 1 rings (SSSR count). The van der Waals surface area contributed by atoms with Crippen molar-refractivity contribution in [1.82, 2.24) is 10.7 Å². The maximum absolute atomic E-state index is 5.17. The van der Waals surface area contributed by atoms with Gasteiger partial charge in [0, 0.05) is 6.04 Å². The number of hydrazine groups is 1. The molecule has 0 spiro atoms. The summed E-state index contributed by atoms with van der Waals surface area (Å²) in [5.74, 6) is 6.10. The highest BCUT2D eigenvalue weighted by Crippen LogP contribution is 2.33. The third kappa shape index (κ3) is 3.36. The highest BCUT2D eigenvalue weighted by atomic mass is 32.1. The number of rotatable bonds is 4. The van der Waals surface area contributed by atoms with Gasteiger partial charge >= 0.3 is 0 Å². The second kappa shape index (κ2) is 4.62. The molecule has 12 heavy (non-hydrogen) atoms. The lowest BCUT2D eigenvalue weighted by molar-refractivity contribution is 0.508. The van der Waals surface area contributed by atoms with Gasteiger partial charge in [-0.1, -0.05) is 19.8 Å². The Morgan fingerprint density at radius 1 is 1.67 bits per heavy atom. The molecule has 1 unspecified atom stereocenters. The SMILES string of the molecule is CCC(CC1CC1)NC(=S)NN.